The van der Waals surface area contributed by atoms with Crippen LogP contribution in [0.2, 0.25) is 4.34 Å². The molecule has 1 aromatic rings. The molecule has 0 aliphatic heterocycles. The Bertz CT molecular complexity index is 330. The largest absolute Gasteiger partial charge is 0.337 e. The summed E-state index contributed by atoms with van der Waals surface area (Å²) in [6.07, 6.45) is 0. The monoisotopic (exact) mass is 268 g/mol. The number of amides is 1. The Morgan fingerprint density at radius 1 is 1.67 bits per heavy atom. The standard InChI is InChI=1S/C9H13ClN2OS.ClH/c1-6(5-11)12(2)9(13)7-3-4-8(10)14-7;/h3-4,6H,5,11H2,1-2H3;1H. The number of carbonyl (C=O) groups excluding carboxylic acids is 1. The summed E-state index contributed by atoms with van der Waals surface area (Å²) in [5.41, 5.74) is 5.48. The van der Waals surface area contributed by atoms with Gasteiger partial charge in [-0.2, -0.15) is 0 Å². The van der Waals surface area contributed by atoms with Crippen LogP contribution < -0.4 is 5.73 Å². The first-order valence-electron chi connectivity index (χ1n) is 4.28. The minimum Gasteiger partial charge on any atom is -0.337 e. The summed E-state index contributed by atoms with van der Waals surface area (Å²) in [5.74, 6) is -0.0279. The van der Waals surface area contributed by atoms with E-state index in [1.54, 1.807) is 24.1 Å². The third-order valence-corrected chi connectivity index (χ3v) is 3.33. The van der Waals surface area contributed by atoms with E-state index in [4.69, 9.17) is 17.3 Å². The molecule has 0 aliphatic rings. The molecule has 0 aromatic carbocycles. The third-order valence-electron chi connectivity index (χ3n) is 2.11. The first kappa shape index (κ1) is 14.7. The van der Waals surface area contributed by atoms with E-state index in [1.807, 2.05) is 6.92 Å². The van der Waals surface area contributed by atoms with Crippen molar-refractivity contribution in [2.75, 3.05) is 13.6 Å². The molecule has 0 saturated carbocycles. The van der Waals surface area contributed by atoms with E-state index in [1.165, 1.54) is 11.3 Å². The zero-order valence-corrected chi connectivity index (χ0v) is 11.0. The van der Waals surface area contributed by atoms with Crippen LogP contribution in [0.4, 0.5) is 0 Å². The molecule has 1 aromatic heterocycles. The lowest BCUT2D eigenvalue weighted by atomic mass is 10.3. The molecule has 2 N–H and O–H groups in total. The Morgan fingerprint density at radius 3 is 2.67 bits per heavy atom. The Labute approximate surface area is 105 Å². The number of rotatable bonds is 3. The number of likely N-dealkylation sites (N-methyl/N-ethyl adjacent to an activating group) is 1. The average molecular weight is 269 g/mol. The molecule has 0 bridgehead atoms. The number of nitrogens with two attached hydrogens (primary N) is 1. The van der Waals surface area contributed by atoms with Crippen LogP contribution >= 0.6 is 35.3 Å². The van der Waals surface area contributed by atoms with Crippen LogP contribution in [0, 0.1) is 0 Å². The van der Waals surface area contributed by atoms with Crippen LogP contribution in [0.25, 0.3) is 0 Å². The van der Waals surface area contributed by atoms with Crippen molar-refractivity contribution < 1.29 is 4.79 Å². The quantitative estimate of drug-likeness (QED) is 0.914. The van der Waals surface area contributed by atoms with Crippen LogP contribution in [-0.4, -0.2) is 30.4 Å². The zero-order valence-electron chi connectivity index (χ0n) is 8.57. The molecule has 1 amide bonds. The van der Waals surface area contributed by atoms with Crippen LogP contribution in [0.15, 0.2) is 12.1 Å². The van der Waals surface area contributed by atoms with Crippen molar-refractivity contribution in [1.82, 2.24) is 4.90 Å². The second kappa shape index (κ2) is 6.33. The number of halogens is 2. The summed E-state index contributed by atoms with van der Waals surface area (Å²) in [6.45, 7) is 2.37. The Kier molecular flexibility index (Phi) is 6.20. The van der Waals surface area contributed by atoms with Gasteiger partial charge < -0.3 is 10.6 Å². The molecule has 0 radical (unpaired) electrons. The molecule has 86 valence electrons. The summed E-state index contributed by atoms with van der Waals surface area (Å²) >= 11 is 7.03. The van der Waals surface area contributed by atoms with Gasteiger partial charge in [-0.05, 0) is 19.1 Å². The van der Waals surface area contributed by atoms with Gasteiger partial charge in [-0.1, -0.05) is 11.6 Å². The van der Waals surface area contributed by atoms with Crippen LogP contribution in [0.1, 0.15) is 16.6 Å². The van der Waals surface area contributed by atoms with Crippen molar-refractivity contribution in [1.29, 1.82) is 0 Å². The topological polar surface area (TPSA) is 46.3 Å². The third kappa shape index (κ3) is 3.65. The molecule has 1 unspecified atom stereocenters. The molecule has 0 fully saturated rings. The van der Waals surface area contributed by atoms with E-state index in [2.05, 4.69) is 0 Å². The highest BCUT2D eigenvalue weighted by Crippen LogP contribution is 2.22. The molecular formula is C9H14Cl2N2OS. The lowest BCUT2D eigenvalue weighted by Gasteiger charge is -2.22. The minimum absolute atomic E-state index is 0. The van der Waals surface area contributed by atoms with E-state index < -0.39 is 0 Å². The van der Waals surface area contributed by atoms with E-state index in [0.29, 0.717) is 15.8 Å². The van der Waals surface area contributed by atoms with E-state index in [-0.39, 0.29) is 24.4 Å². The number of hydrogen-bond acceptors (Lipinski definition) is 3. The lowest BCUT2D eigenvalue weighted by Crippen LogP contribution is -2.39. The Hall–Kier alpha value is -0.290. The summed E-state index contributed by atoms with van der Waals surface area (Å²) in [4.78, 5) is 14.1. The summed E-state index contributed by atoms with van der Waals surface area (Å²) in [7, 11) is 1.74. The maximum absolute atomic E-state index is 11.8. The van der Waals surface area contributed by atoms with Crippen molar-refractivity contribution in [2.45, 2.75) is 13.0 Å². The van der Waals surface area contributed by atoms with Crippen molar-refractivity contribution >= 4 is 41.3 Å². The van der Waals surface area contributed by atoms with E-state index in [0.717, 1.165) is 0 Å². The molecule has 1 atom stereocenters. The molecule has 0 spiro atoms. The highest BCUT2D eigenvalue weighted by molar-refractivity contribution is 7.17. The van der Waals surface area contributed by atoms with E-state index >= 15 is 0 Å². The molecule has 3 nitrogen and oxygen atoms in total. The molecule has 0 saturated heterocycles. The van der Waals surface area contributed by atoms with Crippen molar-refractivity contribution in [3.05, 3.63) is 21.3 Å². The number of carbonyl (C=O) groups is 1. The normalized spacial score (nSPS) is 11.7. The highest BCUT2D eigenvalue weighted by atomic mass is 35.5. The van der Waals surface area contributed by atoms with Gasteiger partial charge >= 0.3 is 0 Å². The van der Waals surface area contributed by atoms with Crippen molar-refractivity contribution in [3.63, 3.8) is 0 Å². The summed E-state index contributed by atoms with van der Waals surface area (Å²) in [5, 5.41) is 0. The number of hydrogen-bond donors (Lipinski definition) is 1. The predicted molar refractivity (Wildman–Crippen MR) is 67.2 cm³/mol. The van der Waals surface area contributed by atoms with Gasteiger partial charge in [0.1, 0.15) is 0 Å². The SMILES string of the molecule is CC(CN)N(C)C(=O)c1ccc(Cl)s1.Cl. The van der Waals surface area contributed by atoms with Gasteiger partial charge in [-0.3, -0.25) is 4.79 Å². The van der Waals surface area contributed by atoms with E-state index in [9.17, 15) is 4.79 Å². The molecule has 1 rings (SSSR count). The van der Waals surface area contributed by atoms with Crippen LogP contribution in [0.5, 0.6) is 0 Å². The highest BCUT2D eigenvalue weighted by Gasteiger charge is 2.17. The number of thiophene rings is 1. The zero-order chi connectivity index (χ0) is 10.7. The van der Waals surface area contributed by atoms with Gasteiger partial charge in [0.15, 0.2) is 0 Å². The second-order valence-corrected chi connectivity index (χ2v) is 4.82. The lowest BCUT2D eigenvalue weighted by molar-refractivity contribution is 0.0753. The molecule has 6 heteroatoms. The second-order valence-electron chi connectivity index (χ2n) is 3.10. The maximum atomic E-state index is 11.8. The summed E-state index contributed by atoms with van der Waals surface area (Å²) in [6, 6.07) is 3.50. The minimum atomic E-state index is -0.0279. The smallest absolute Gasteiger partial charge is 0.263 e. The number of nitrogens with zero attached hydrogens (tertiary/aromatic N) is 1. The molecular weight excluding hydrogens is 255 g/mol. The van der Waals surface area contributed by atoms with Gasteiger partial charge in [0, 0.05) is 19.6 Å². The first-order valence-corrected chi connectivity index (χ1v) is 5.48. The molecule has 1 heterocycles. The van der Waals surface area contributed by atoms with Crippen LogP contribution in [-0.2, 0) is 0 Å². The Morgan fingerprint density at radius 2 is 2.27 bits per heavy atom. The fourth-order valence-electron chi connectivity index (χ4n) is 0.961. The molecule has 0 aliphatic carbocycles. The predicted octanol–water partition coefficient (Wildman–Crippen LogP) is 2.24. The molecule has 15 heavy (non-hydrogen) atoms. The summed E-state index contributed by atoms with van der Waals surface area (Å²) < 4.78 is 0.627. The van der Waals surface area contributed by atoms with Gasteiger partial charge in [-0.15, -0.1) is 23.7 Å². The first-order chi connectivity index (χ1) is 6.56. The fraction of sp³-hybridized carbons (Fsp3) is 0.444. The van der Waals surface area contributed by atoms with Gasteiger partial charge in [0.05, 0.1) is 9.21 Å². The maximum Gasteiger partial charge on any atom is 0.263 e. The fourth-order valence-corrected chi connectivity index (χ4v) is 1.99. The average Bonchev–Trinajstić information content (AvgIpc) is 2.61. The van der Waals surface area contributed by atoms with Gasteiger partial charge in [0.25, 0.3) is 5.91 Å². The van der Waals surface area contributed by atoms with Crippen molar-refractivity contribution in [2.24, 2.45) is 5.73 Å². The van der Waals surface area contributed by atoms with Gasteiger partial charge in [0.2, 0.25) is 0 Å². The Balaban J connectivity index is 0.00000196. The van der Waals surface area contributed by atoms with Crippen molar-refractivity contribution in [3.8, 4) is 0 Å². The van der Waals surface area contributed by atoms with Gasteiger partial charge in [-0.25, -0.2) is 0 Å². The van der Waals surface area contributed by atoms with Crippen LogP contribution in [0.3, 0.4) is 0 Å².